The third kappa shape index (κ3) is 6.25. The van der Waals surface area contributed by atoms with Gasteiger partial charge in [-0.1, -0.05) is 12.1 Å². The molecule has 8 heteroatoms. The van der Waals surface area contributed by atoms with Gasteiger partial charge in [0, 0.05) is 37.3 Å². The number of halogens is 1. The van der Waals surface area contributed by atoms with Gasteiger partial charge in [0.05, 0.1) is 23.8 Å². The lowest BCUT2D eigenvalue weighted by molar-refractivity contribution is 0.457. The number of aromatic nitrogens is 2. The van der Waals surface area contributed by atoms with Crippen LogP contribution in [0, 0.1) is 12.7 Å². The minimum Gasteiger partial charge on any atom is -0.439 e. The number of hydrogen-bond acceptors (Lipinski definition) is 5. The van der Waals surface area contributed by atoms with E-state index in [9.17, 15) is 4.39 Å². The van der Waals surface area contributed by atoms with Crippen LogP contribution in [0.2, 0.25) is 0 Å². The molecule has 0 radical (unpaired) electrons. The molecule has 0 aliphatic carbocycles. The molecule has 0 amide bonds. The molecule has 1 aromatic carbocycles. The van der Waals surface area contributed by atoms with E-state index in [0.717, 1.165) is 28.8 Å². The van der Waals surface area contributed by atoms with Gasteiger partial charge in [-0.2, -0.15) is 0 Å². The second-order valence-corrected chi connectivity index (χ2v) is 7.51. The first kappa shape index (κ1) is 20.7. The summed E-state index contributed by atoms with van der Waals surface area (Å²) in [6, 6.07) is 9.63. The SMILES string of the molecule is CCNC(=NCc1ccc(Oc2cccc(F)c2)nc1)N(C)Cc1csc(C)n1. The Morgan fingerprint density at radius 2 is 2.17 bits per heavy atom. The molecule has 0 unspecified atom stereocenters. The molecule has 1 N–H and O–H groups in total. The predicted molar refractivity (Wildman–Crippen MR) is 114 cm³/mol. The number of aliphatic imine (C=N–C) groups is 1. The summed E-state index contributed by atoms with van der Waals surface area (Å²) >= 11 is 1.65. The van der Waals surface area contributed by atoms with E-state index in [1.165, 1.54) is 12.1 Å². The number of nitrogens with zero attached hydrogens (tertiary/aromatic N) is 4. The molecular formula is C21H24FN5OS. The molecule has 29 heavy (non-hydrogen) atoms. The quantitative estimate of drug-likeness (QED) is 0.460. The summed E-state index contributed by atoms with van der Waals surface area (Å²) in [6.45, 7) is 5.99. The first-order chi connectivity index (χ1) is 14.0. The number of hydrogen-bond donors (Lipinski definition) is 1. The third-order valence-electron chi connectivity index (χ3n) is 3.99. The molecule has 0 saturated carbocycles. The van der Waals surface area contributed by atoms with Crippen molar-refractivity contribution in [1.82, 2.24) is 20.2 Å². The molecular weight excluding hydrogens is 389 g/mol. The van der Waals surface area contributed by atoms with Gasteiger partial charge < -0.3 is 15.0 Å². The minimum atomic E-state index is -0.346. The number of benzene rings is 1. The molecule has 0 saturated heterocycles. The van der Waals surface area contributed by atoms with E-state index in [4.69, 9.17) is 4.74 Å². The lowest BCUT2D eigenvalue weighted by Gasteiger charge is -2.21. The fourth-order valence-corrected chi connectivity index (χ4v) is 3.25. The Morgan fingerprint density at radius 3 is 2.83 bits per heavy atom. The van der Waals surface area contributed by atoms with Gasteiger partial charge in [0.1, 0.15) is 11.6 Å². The molecule has 0 spiro atoms. The van der Waals surface area contributed by atoms with Crippen LogP contribution >= 0.6 is 11.3 Å². The molecule has 3 aromatic rings. The van der Waals surface area contributed by atoms with Crippen LogP contribution in [0.5, 0.6) is 11.6 Å². The fourth-order valence-electron chi connectivity index (χ4n) is 2.65. The van der Waals surface area contributed by atoms with Crippen molar-refractivity contribution in [2.45, 2.75) is 26.9 Å². The molecule has 2 heterocycles. The van der Waals surface area contributed by atoms with Crippen LogP contribution in [0.3, 0.4) is 0 Å². The van der Waals surface area contributed by atoms with Gasteiger partial charge in [-0.15, -0.1) is 11.3 Å². The maximum atomic E-state index is 13.2. The highest BCUT2D eigenvalue weighted by atomic mass is 32.1. The maximum absolute atomic E-state index is 13.2. The van der Waals surface area contributed by atoms with Gasteiger partial charge in [-0.25, -0.2) is 19.4 Å². The van der Waals surface area contributed by atoms with Crippen molar-refractivity contribution < 1.29 is 9.13 Å². The van der Waals surface area contributed by atoms with Crippen LogP contribution in [0.1, 0.15) is 23.2 Å². The first-order valence-corrected chi connectivity index (χ1v) is 10.2. The molecule has 0 fully saturated rings. The van der Waals surface area contributed by atoms with E-state index in [-0.39, 0.29) is 5.82 Å². The number of ether oxygens (including phenoxy) is 1. The zero-order chi connectivity index (χ0) is 20.6. The zero-order valence-electron chi connectivity index (χ0n) is 16.7. The lowest BCUT2D eigenvalue weighted by Crippen LogP contribution is -2.38. The van der Waals surface area contributed by atoms with Crippen LogP contribution in [-0.4, -0.2) is 34.4 Å². The number of rotatable bonds is 7. The van der Waals surface area contributed by atoms with Crippen LogP contribution < -0.4 is 10.1 Å². The summed E-state index contributed by atoms with van der Waals surface area (Å²) in [5, 5.41) is 6.42. The Labute approximate surface area is 174 Å². The van der Waals surface area contributed by atoms with Crippen molar-refractivity contribution in [1.29, 1.82) is 0 Å². The average molecular weight is 414 g/mol. The van der Waals surface area contributed by atoms with Gasteiger partial charge in [-0.05, 0) is 31.5 Å². The summed E-state index contributed by atoms with van der Waals surface area (Å²) in [5.41, 5.74) is 1.98. The van der Waals surface area contributed by atoms with Gasteiger partial charge >= 0.3 is 0 Å². The highest BCUT2D eigenvalue weighted by molar-refractivity contribution is 7.09. The summed E-state index contributed by atoms with van der Waals surface area (Å²) in [7, 11) is 1.99. The second-order valence-electron chi connectivity index (χ2n) is 6.45. The van der Waals surface area contributed by atoms with Gasteiger partial charge in [0.2, 0.25) is 5.88 Å². The number of pyridine rings is 1. The van der Waals surface area contributed by atoms with Crippen molar-refractivity contribution in [3.63, 3.8) is 0 Å². The Hall–Kier alpha value is -3.00. The normalized spacial score (nSPS) is 11.4. The molecule has 3 rings (SSSR count). The monoisotopic (exact) mass is 413 g/mol. The van der Waals surface area contributed by atoms with Crippen LogP contribution in [0.25, 0.3) is 0 Å². The summed E-state index contributed by atoms with van der Waals surface area (Å²) in [6.07, 6.45) is 1.71. The largest absolute Gasteiger partial charge is 0.439 e. The average Bonchev–Trinajstić information content (AvgIpc) is 3.11. The molecule has 0 bridgehead atoms. The molecule has 152 valence electrons. The van der Waals surface area contributed by atoms with Crippen molar-refractivity contribution in [2.75, 3.05) is 13.6 Å². The van der Waals surface area contributed by atoms with E-state index >= 15 is 0 Å². The molecule has 6 nitrogen and oxygen atoms in total. The topological polar surface area (TPSA) is 62.6 Å². The standard InChI is InChI=1S/C21H24FN5OS/c1-4-23-21(27(3)13-18-14-29-15(2)26-18)25-12-16-8-9-20(24-11-16)28-19-7-5-6-17(22)10-19/h5-11,14H,4,12-13H2,1-3H3,(H,23,25). The van der Waals surface area contributed by atoms with Crippen molar-refractivity contribution in [2.24, 2.45) is 4.99 Å². The summed E-state index contributed by atoms with van der Waals surface area (Å²) in [5.74, 6) is 1.28. The minimum absolute atomic E-state index is 0.346. The van der Waals surface area contributed by atoms with Crippen LogP contribution in [-0.2, 0) is 13.1 Å². The summed E-state index contributed by atoms with van der Waals surface area (Å²) < 4.78 is 18.8. The van der Waals surface area contributed by atoms with Gasteiger partial charge in [-0.3, -0.25) is 0 Å². The number of aryl methyl sites for hydroxylation is 1. The number of nitrogens with one attached hydrogen (secondary N) is 1. The Bertz CT molecular complexity index is 958. The van der Waals surface area contributed by atoms with E-state index in [0.29, 0.717) is 24.7 Å². The Morgan fingerprint density at radius 1 is 1.31 bits per heavy atom. The second kappa shape index (κ2) is 9.97. The number of guanidine groups is 1. The summed E-state index contributed by atoms with van der Waals surface area (Å²) in [4.78, 5) is 15.5. The van der Waals surface area contributed by atoms with Gasteiger partial charge in [0.15, 0.2) is 5.96 Å². The highest BCUT2D eigenvalue weighted by Crippen LogP contribution is 2.20. The lowest BCUT2D eigenvalue weighted by atomic mass is 10.3. The van der Waals surface area contributed by atoms with E-state index in [2.05, 4.69) is 25.7 Å². The van der Waals surface area contributed by atoms with Crippen LogP contribution in [0.15, 0.2) is 53.0 Å². The van der Waals surface area contributed by atoms with Gasteiger partial charge in [0.25, 0.3) is 0 Å². The first-order valence-electron chi connectivity index (χ1n) is 9.32. The molecule has 2 aromatic heterocycles. The predicted octanol–water partition coefficient (Wildman–Crippen LogP) is 4.38. The van der Waals surface area contributed by atoms with E-state index < -0.39 is 0 Å². The van der Waals surface area contributed by atoms with E-state index in [1.54, 1.807) is 35.7 Å². The maximum Gasteiger partial charge on any atom is 0.219 e. The smallest absolute Gasteiger partial charge is 0.219 e. The van der Waals surface area contributed by atoms with E-state index in [1.807, 2.05) is 31.9 Å². The molecule has 0 aliphatic heterocycles. The van der Waals surface area contributed by atoms with Crippen LogP contribution in [0.4, 0.5) is 4.39 Å². The van der Waals surface area contributed by atoms with Crippen molar-refractivity contribution >= 4 is 17.3 Å². The third-order valence-corrected chi connectivity index (χ3v) is 4.81. The molecule has 0 atom stereocenters. The highest BCUT2D eigenvalue weighted by Gasteiger charge is 2.09. The Kier molecular flexibility index (Phi) is 7.13. The molecule has 0 aliphatic rings. The zero-order valence-corrected chi connectivity index (χ0v) is 17.5. The fraction of sp³-hybridized carbons (Fsp3) is 0.286. The van der Waals surface area contributed by atoms with Crippen molar-refractivity contribution in [3.8, 4) is 11.6 Å². The Balaban J connectivity index is 1.62. The number of thiazole rings is 1. The van der Waals surface area contributed by atoms with Crippen molar-refractivity contribution in [3.05, 3.63) is 70.1 Å².